The van der Waals surface area contributed by atoms with Crippen LogP contribution in [0.4, 0.5) is 0 Å². The van der Waals surface area contributed by atoms with E-state index in [1.807, 2.05) is 0 Å². The average molecular weight is 745 g/mol. The molecule has 1 aromatic heterocycles. The number of hydrogen-bond acceptors (Lipinski definition) is 10. The Morgan fingerprint density at radius 3 is 2.45 bits per heavy atom. The van der Waals surface area contributed by atoms with Crippen molar-refractivity contribution in [3.8, 4) is 0 Å². The van der Waals surface area contributed by atoms with Crippen molar-refractivity contribution in [3.05, 3.63) is 65.0 Å². The Bertz CT molecular complexity index is 1780. The number of nitrogens with zero attached hydrogens (tertiary/aromatic N) is 3. The van der Waals surface area contributed by atoms with Crippen molar-refractivity contribution in [2.24, 2.45) is 5.92 Å². The monoisotopic (exact) mass is 744 g/mol. The number of Topliss-reactive ketones (excluding diaryl/α,β-unsaturated/α-hetero) is 1. The summed E-state index contributed by atoms with van der Waals surface area (Å²) in [5.41, 5.74) is 1.63. The fourth-order valence-corrected chi connectivity index (χ4v) is 7.29. The van der Waals surface area contributed by atoms with E-state index in [4.69, 9.17) is 20.8 Å². The van der Waals surface area contributed by atoms with Crippen LogP contribution in [0.3, 0.4) is 0 Å². The van der Waals surface area contributed by atoms with E-state index in [2.05, 4.69) is 20.3 Å². The minimum absolute atomic E-state index is 0.000169. The number of benzene rings is 2. The molecule has 3 amide bonds. The van der Waals surface area contributed by atoms with Crippen LogP contribution < -0.4 is 15.4 Å². The molecule has 3 N–H and O–H groups in total. The minimum atomic E-state index is -3.80. The van der Waals surface area contributed by atoms with Crippen molar-refractivity contribution in [2.75, 3.05) is 40.0 Å². The molecule has 2 fully saturated rings. The Labute approximate surface area is 302 Å². The van der Waals surface area contributed by atoms with Crippen molar-refractivity contribution < 1.29 is 36.7 Å². The van der Waals surface area contributed by atoms with Crippen molar-refractivity contribution in [1.29, 1.82) is 0 Å². The zero-order valence-corrected chi connectivity index (χ0v) is 30.5. The number of nitrogens with one attached hydrogen (secondary N) is 3. The van der Waals surface area contributed by atoms with Gasteiger partial charge >= 0.3 is 0 Å². The number of piperidine rings is 1. The predicted molar refractivity (Wildman–Crippen MR) is 190 cm³/mol. The van der Waals surface area contributed by atoms with E-state index in [0.717, 1.165) is 37.8 Å². The average Bonchev–Trinajstić information content (AvgIpc) is 3.74. The second-order valence-electron chi connectivity index (χ2n) is 13.4. The fourth-order valence-electron chi connectivity index (χ4n) is 6.43. The molecule has 16 heteroatoms. The first-order valence-electron chi connectivity index (χ1n) is 17.0. The summed E-state index contributed by atoms with van der Waals surface area (Å²) in [5, 5.41) is 6.57. The highest BCUT2D eigenvalue weighted by molar-refractivity contribution is 7.88. The number of aromatic nitrogens is 1. The van der Waals surface area contributed by atoms with E-state index < -0.39 is 57.8 Å². The third-order valence-electron chi connectivity index (χ3n) is 9.24. The molecule has 2 aliphatic heterocycles. The molecular weight excluding hydrogens is 700 g/mol. The highest BCUT2D eigenvalue weighted by atomic mass is 35.5. The number of halogens is 1. The SMILES string of the molecule is CN(C)C(=O)C[C@H](NC(=O)[C@@H]1C[C@@H](OCc2ccc(Cl)cc2)CN1C(=O)[C@@H](CCC1CCNCC1)NS(C)(=O)=O)C(=O)c1nc2ccccc2o1. The molecule has 0 unspecified atom stereocenters. The van der Waals surface area contributed by atoms with Gasteiger partial charge in [-0.2, -0.15) is 0 Å². The lowest BCUT2D eigenvalue weighted by Crippen LogP contribution is -2.55. The summed E-state index contributed by atoms with van der Waals surface area (Å²) in [7, 11) is -0.739. The van der Waals surface area contributed by atoms with Gasteiger partial charge in [0.2, 0.25) is 33.5 Å². The minimum Gasteiger partial charge on any atom is -0.434 e. The number of carbonyl (C=O) groups excluding carboxylic acids is 4. The Balaban J connectivity index is 1.39. The van der Waals surface area contributed by atoms with Crippen molar-refractivity contribution >= 4 is 56.2 Å². The van der Waals surface area contributed by atoms with Gasteiger partial charge in [-0.05, 0) is 74.5 Å². The third kappa shape index (κ3) is 10.6. The van der Waals surface area contributed by atoms with Crippen LogP contribution in [0.5, 0.6) is 0 Å². The van der Waals surface area contributed by atoms with Gasteiger partial charge in [0.05, 0.1) is 25.4 Å². The number of fused-ring (bicyclic) bond motifs is 1. The number of ketones is 1. The van der Waals surface area contributed by atoms with Crippen LogP contribution in [0, 0.1) is 5.92 Å². The van der Waals surface area contributed by atoms with E-state index in [0.29, 0.717) is 28.5 Å². The molecule has 0 aliphatic carbocycles. The summed E-state index contributed by atoms with van der Waals surface area (Å²) in [6.45, 7) is 1.88. The number of sulfonamides is 1. The van der Waals surface area contributed by atoms with Crippen LogP contribution in [0.25, 0.3) is 11.1 Å². The first-order valence-corrected chi connectivity index (χ1v) is 19.3. The molecule has 0 saturated carbocycles. The predicted octanol–water partition coefficient (Wildman–Crippen LogP) is 2.51. The smallest absolute Gasteiger partial charge is 0.266 e. The lowest BCUT2D eigenvalue weighted by Gasteiger charge is -2.30. The molecule has 276 valence electrons. The fraction of sp³-hybridized carbons (Fsp3) is 0.514. The summed E-state index contributed by atoms with van der Waals surface area (Å²) in [6, 6.07) is 10.2. The number of ether oxygens (including phenoxy) is 1. The molecule has 14 nitrogen and oxygen atoms in total. The molecule has 3 heterocycles. The van der Waals surface area contributed by atoms with Crippen LogP contribution in [-0.2, 0) is 35.8 Å². The molecule has 0 radical (unpaired) electrons. The lowest BCUT2D eigenvalue weighted by molar-refractivity contribution is -0.140. The Morgan fingerprint density at radius 1 is 1.08 bits per heavy atom. The molecule has 51 heavy (non-hydrogen) atoms. The summed E-state index contributed by atoms with van der Waals surface area (Å²) in [5.74, 6) is -2.35. The van der Waals surface area contributed by atoms with E-state index >= 15 is 0 Å². The van der Waals surface area contributed by atoms with Crippen LogP contribution in [0.15, 0.2) is 52.9 Å². The number of oxazole rings is 1. The second-order valence-corrected chi connectivity index (χ2v) is 15.6. The number of likely N-dealkylation sites (tertiary alicyclic amines) is 1. The number of rotatable bonds is 15. The Hall–Kier alpha value is -3.89. The number of hydrogen-bond donors (Lipinski definition) is 3. The topological polar surface area (TPSA) is 180 Å². The van der Waals surface area contributed by atoms with Gasteiger partial charge < -0.3 is 29.6 Å². The maximum Gasteiger partial charge on any atom is 0.266 e. The molecular formula is C35H45ClN6O8S. The maximum absolute atomic E-state index is 14.3. The maximum atomic E-state index is 14.3. The summed E-state index contributed by atoms with van der Waals surface area (Å²) >= 11 is 6.03. The van der Waals surface area contributed by atoms with Crippen molar-refractivity contribution in [2.45, 2.75) is 69.4 Å². The standard InChI is InChI=1S/C35H45ClN6O8S/c1-41(2)31(43)19-28(32(44)34-39-26-6-4-5-7-30(26)50-34)38-33(45)29-18-25(49-21-23-8-11-24(36)12-9-23)20-42(29)35(46)27(40-51(3,47)48)13-10-22-14-16-37-17-15-22/h4-9,11-12,22,25,27-29,37,40H,10,13-21H2,1-3H3,(H,38,45)/t25-,27-,28+,29+/m1/s1. The molecule has 3 aromatic rings. The summed E-state index contributed by atoms with van der Waals surface area (Å²) in [4.78, 5) is 61.9. The number of para-hydroxylation sites is 2. The van der Waals surface area contributed by atoms with Gasteiger partial charge in [0.1, 0.15) is 23.6 Å². The zero-order valence-electron chi connectivity index (χ0n) is 29.0. The number of carbonyl (C=O) groups is 4. The van der Waals surface area contributed by atoms with Gasteiger partial charge in [-0.1, -0.05) is 35.9 Å². The van der Waals surface area contributed by atoms with Crippen LogP contribution in [0.2, 0.25) is 5.02 Å². The quantitative estimate of drug-likeness (QED) is 0.196. The molecule has 4 atom stereocenters. The van der Waals surface area contributed by atoms with Gasteiger partial charge in [0.15, 0.2) is 5.58 Å². The zero-order chi connectivity index (χ0) is 36.7. The molecule has 2 aliphatic rings. The molecule has 0 spiro atoms. The number of amides is 3. The van der Waals surface area contributed by atoms with Gasteiger partial charge in [0, 0.05) is 32.1 Å². The molecule has 2 aromatic carbocycles. The molecule has 2 saturated heterocycles. The van der Waals surface area contributed by atoms with Crippen molar-refractivity contribution in [1.82, 2.24) is 30.1 Å². The van der Waals surface area contributed by atoms with E-state index in [9.17, 15) is 27.6 Å². The Kier molecular flexibility index (Phi) is 12.8. The van der Waals surface area contributed by atoms with Crippen LogP contribution in [0.1, 0.15) is 54.8 Å². The van der Waals surface area contributed by atoms with Gasteiger partial charge in [0.25, 0.3) is 5.89 Å². The van der Waals surface area contributed by atoms with Gasteiger partial charge in [-0.15, -0.1) is 0 Å². The van der Waals surface area contributed by atoms with Crippen molar-refractivity contribution in [3.63, 3.8) is 0 Å². The summed E-state index contributed by atoms with van der Waals surface area (Å²) in [6.07, 6.45) is 2.76. The first-order chi connectivity index (χ1) is 24.3. The van der Waals surface area contributed by atoms with Gasteiger partial charge in [-0.25, -0.2) is 18.1 Å². The second kappa shape index (κ2) is 17.1. The first kappa shape index (κ1) is 38.3. The van der Waals surface area contributed by atoms with Crippen LogP contribution in [-0.4, -0.2) is 111 Å². The van der Waals surface area contributed by atoms with E-state index in [1.54, 1.807) is 48.5 Å². The lowest BCUT2D eigenvalue weighted by atomic mass is 9.91. The third-order valence-corrected chi connectivity index (χ3v) is 10.2. The Morgan fingerprint density at radius 2 is 1.78 bits per heavy atom. The highest BCUT2D eigenvalue weighted by Crippen LogP contribution is 2.26. The van der Waals surface area contributed by atoms with Gasteiger partial charge in [-0.3, -0.25) is 19.2 Å². The normalized spacial score (nSPS) is 19.5. The highest BCUT2D eigenvalue weighted by Gasteiger charge is 2.44. The largest absolute Gasteiger partial charge is 0.434 e. The molecule has 0 bridgehead atoms. The molecule has 5 rings (SSSR count). The van der Waals surface area contributed by atoms with Crippen LogP contribution >= 0.6 is 11.6 Å². The summed E-state index contributed by atoms with van der Waals surface area (Å²) < 4.78 is 39.3. The van der Waals surface area contributed by atoms with E-state index in [1.165, 1.54) is 23.9 Å². The van der Waals surface area contributed by atoms with E-state index in [-0.39, 0.29) is 38.3 Å².